The monoisotopic (exact) mass is 379 g/mol. The van der Waals surface area contributed by atoms with Gasteiger partial charge in [-0.15, -0.1) is 10.2 Å². The SMILES string of the molecule is COC(=O)c1cc(C2CCCCN2C(=O)OC(C)(C)C)c(C(=O)OC)nn1. The second kappa shape index (κ2) is 8.32. The summed E-state index contributed by atoms with van der Waals surface area (Å²) >= 11 is 0. The number of amides is 1. The van der Waals surface area contributed by atoms with Gasteiger partial charge in [0.2, 0.25) is 0 Å². The van der Waals surface area contributed by atoms with E-state index in [1.165, 1.54) is 20.3 Å². The van der Waals surface area contributed by atoms with Crippen LogP contribution in [-0.4, -0.2) is 59.5 Å². The molecule has 0 bridgehead atoms. The molecule has 9 heteroatoms. The van der Waals surface area contributed by atoms with E-state index in [9.17, 15) is 14.4 Å². The van der Waals surface area contributed by atoms with Crippen LogP contribution < -0.4 is 0 Å². The molecule has 0 spiro atoms. The van der Waals surface area contributed by atoms with Crippen molar-refractivity contribution in [1.82, 2.24) is 15.1 Å². The Labute approximate surface area is 158 Å². The predicted octanol–water partition coefficient (Wildman–Crippen LogP) is 2.51. The Balaban J connectivity index is 2.48. The number of carbonyl (C=O) groups excluding carboxylic acids is 3. The zero-order valence-electron chi connectivity index (χ0n) is 16.3. The molecule has 1 aromatic heterocycles. The van der Waals surface area contributed by atoms with Crippen LogP contribution in [0.1, 0.15) is 72.6 Å². The first-order valence-electron chi connectivity index (χ1n) is 8.71. The number of rotatable bonds is 3. The summed E-state index contributed by atoms with van der Waals surface area (Å²) in [5.74, 6) is -1.37. The van der Waals surface area contributed by atoms with Crippen LogP contribution in [0.2, 0.25) is 0 Å². The lowest BCUT2D eigenvalue weighted by molar-refractivity contribution is 0.00907. The number of hydrogen-bond acceptors (Lipinski definition) is 8. The molecule has 1 atom stereocenters. The van der Waals surface area contributed by atoms with Crippen molar-refractivity contribution in [3.63, 3.8) is 0 Å². The number of ether oxygens (including phenoxy) is 3. The van der Waals surface area contributed by atoms with E-state index < -0.39 is 29.7 Å². The molecule has 0 aliphatic carbocycles. The summed E-state index contributed by atoms with van der Waals surface area (Å²) in [6.45, 7) is 5.82. The summed E-state index contributed by atoms with van der Waals surface area (Å²) in [6, 6.07) is 0.944. The van der Waals surface area contributed by atoms with Crippen LogP contribution in [0.15, 0.2) is 6.07 Å². The van der Waals surface area contributed by atoms with Crippen molar-refractivity contribution in [2.75, 3.05) is 20.8 Å². The van der Waals surface area contributed by atoms with E-state index in [4.69, 9.17) is 9.47 Å². The van der Waals surface area contributed by atoms with Crippen LogP contribution in [0.25, 0.3) is 0 Å². The number of carbonyl (C=O) groups is 3. The molecule has 1 fully saturated rings. The van der Waals surface area contributed by atoms with Crippen LogP contribution in [0.4, 0.5) is 4.79 Å². The first-order chi connectivity index (χ1) is 12.7. The quantitative estimate of drug-likeness (QED) is 0.582. The Bertz CT molecular complexity index is 728. The molecule has 1 amide bonds. The number of hydrogen-bond donors (Lipinski definition) is 0. The van der Waals surface area contributed by atoms with Gasteiger partial charge in [-0.25, -0.2) is 14.4 Å². The van der Waals surface area contributed by atoms with Crippen molar-refractivity contribution in [2.45, 2.75) is 51.7 Å². The van der Waals surface area contributed by atoms with Crippen molar-refractivity contribution in [3.05, 3.63) is 23.0 Å². The van der Waals surface area contributed by atoms with Crippen LogP contribution in [-0.2, 0) is 14.2 Å². The first kappa shape index (κ1) is 20.6. The number of esters is 2. The van der Waals surface area contributed by atoms with E-state index in [0.717, 1.165) is 12.8 Å². The van der Waals surface area contributed by atoms with Gasteiger partial charge in [-0.1, -0.05) is 0 Å². The minimum absolute atomic E-state index is 0.0365. The number of methoxy groups -OCH3 is 2. The van der Waals surface area contributed by atoms with Crippen molar-refractivity contribution in [1.29, 1.82) is 0 Å². The molecule has 2 heterocycles. The Morgan fingerprint density at radius 1 is 1.07 bits per heavy atom. The number of nitrogens with zero attached hydrogens (tertiary/aromatic N) is 3. The topological polar surface area (TPSA) is 108 Å². The molecule has 0 radical (unpaired) electrons. The van der Waals surface area contributed by atoms with Gasteiger partial charge in [-0.3, -0.25) is 0 Å². The average molecular weight is 379 g/mol. The molecule has 2 rings (SSSR count). The van der Waals surface area contributed by atoms with E-state index in [-0.39, 0.29) is 11.4 Å². The van der Waals surface area contributed by atoms with E-state index in [1.807, 2.05) is 0 Å². The van der Waals surface area contributed by atoms with Gasteiger partial charge in [-0.05, 0) is 46.1 Å². The highest BCUT2D eigenvalue weighted by atomic mass is 16.6. The minimum atomic E-state index is -0.691. The maximum absolute atomic E-state index is 12.7. The van der Waals surface area contributed by atoms with Crippen LogP contribution in [0.3, 0.4) is 0 Å². The Hall–Kier alpha value is -2.71. The van der Waals surface area contributed by atoms with Gasteiger partial charge in [-0.2, -0.15) is 0 Å². The fourth-order valence-corrected chi connectivity index (χ4v) is 2.91. The van der Waals surface area contributed by atoms with Gasteiger partial charge in [0.1, 0.15) is 5.60 Å². The van der Waals surface area contributed by atoms with E-state index in [1.54, 1.807) is 25.7 Å². The molecule has 1 aliphatic rings. The van der Waals surface area contributed by atoms with E-state index >= 15 is 0 Å². The Morgan fingerprint density at radius 3 is 2.33 bits per heavy atom. The lowest BCUT2D eigenvalue weighted by Crippen LogP contribution is -2.42. The van der Waals surface area contributed by atoms with Crippen LogP contribution in [0, 0.1) is 0 Å². The average Bonchev–Trinajstić information content (AvgIpc) is 2.64. The maximum atomic E-state index is 12.7. The number of aromatic nitrogens is 2. The van der Waals surface area contributed by atoms with Gasteiger partial charge in [0.25, 0.3) is 0 Å². The molecule has 1 unspecified atom stereocenters. The largest absolute Gasteiger partial charge is 0.464 e. The zero-order valence-corrected chi connectivity index (χ0v) is 16.3. The highest BCUT2D eigenvalue weighted by Crippen LogP contribution is 2.34. The highest BCUT2D eigenvalue weighted by Gasteiger charge is 2.35. The van der Waals surface area contributed by atoms with E-state index in [2.05, 4.69) is 14.9 Å². The van der Waals surface area contributed by atoms with Crippen molar-refractivity contribution < 1.29 is 28.6 Å². The third-order valence-corrected chi connectivity index (χ3v) is 4.09. The normalized spacial score (nSPS) is 17.2. The fourth-order valence-electron chi connectivity index (χ4n) is 2.91. The van der Waals surface area contributed by atoms with E-state index in [0.29, 0.717) is 18.5 Å². The van der Waals surface area contributed by atoms with Gasteiger partial charge < -0.3 is 19.1 Å². The Morgan fingerprint density at radius 2 is 1.74 bits per heavy atom. The van der Waals surface area contributed by atoms with Crippen molar-refractivity contribution in [2.24, 2.45) is 0 Å². The maximum Gasteiger partial charge on any atom is 0.410 e. The molecule has 1 aromatic rings. The molecule has 0 aromatic carbocycles. The summed E-state index contributed by atoms with van der Waals surface area (Å²) in [6.07, 6.45) is 1.77. The van der Waals surface area contributed by atoms with Gasteiger partial charge in [0.15, 0.2) is 11.4 Å². The van der Waals surface area contributed by atoms with Gasteiger partial charge in [0.05, 0.1) is 20.3 Å². The Kier molecular flexibility index (Phi) is 6.35. The second-order valence-electron chi connectivity index (χ2n) is 7.20. The third-order valence-electron chi connectivity index (χ3n) is 4.09. The molecular formula is C18H25N3O6. The molecule has 148 valence electrons. The van der Waals surface area contributed by atoms with Crippen molar-refractivity contribution in [3.8, 4) is 0 Å². The lowest BCUT2D eigenvalue weighted by Gasteiger charge is -2.37. The molecule has 0 saturated carbocycles. The standard InChI is InChI=1S/C18H25N3O6/c1-18(2,3)27-17(24)21-9-7-6-8-13(21)11-10-12(15(22)25-4)19-20-14(11)16(23)26-5/h10,13H,6-9H2,1-5H3. The number of likely N-dealkylation sites (tertiary alicyclic amines) is 1. The predicted molar refractivity (Wildman–Crippen MR) is 94.2 cm³/mol. The summed E-state index contributed by atoms with van der Waals surface area (Å²) in [7, 11) is 2.46. The summed E-state index contributed by atoms with van der Waals surface area (Å²) in [5.41, 5.74) is -0.346. The molecule has 1 saturated heterocycles. The molecule has 9 nitrogen and oxygen atoms in total. The highest BCUT2D eigenvalue weighted by molar-refractivity contribution is 5.91. The van der Waals surface area contributed by atoms with Gasteiger partial charge in [0, 0.05) is 12.1 Å². The molecule has 1 aliphatic heterocycles. The summed E-state index contributed by atoms with van der Waals surface area (Å²) in [4.78, 5) is 38.3. The summed E-state index contributed by atoms with van der Waals surface area (Å²) < 4.78 is 15.0. The first-order valence-corrected chi connectivity index (χ1v) is 8.71. The molecular weight excluding hydrogens is 354 g/mol. The van der Waals surface area contributed by atoms with Gasteiger partial charge >= 0.3 is 18.0 Å². The van der Waals surface area contributed by atoms with Crippen molar-refractivity contribution >= 4 is 18.0 Å². The smallest absolute Gasteiger partial charge is 0.410 e. The lowest BCUT2D eigenvalue weighted by atomic mass is 9.94. The fraction of sp³-hybridized carbons (Fsp3) is 0.611. The zero-order chi connectivity index (χ0) is 20.2. The summed E-state index contributed by atoms with van der Waals surface area (Å²) in [5, 5.41) is 7.60. The second-order valence-corrected chi connectivity index (χ2v) is 7.20. The van der Waals surface area contributed by atoms with Crippen LogP contribution >= 0.6 is 0 Å². The molecule has 27 heavy (non-hydrogen) atoms. The minimum Gasteiger partial charge on any atom is -0.464 e. The third kappa shape index (κ3) is 4.93. The van der Waals surface area contributed by atoms with Crippen LogP contribution in [0.5, 0.6) is 0 Å². The molecule has 0 N–H and O–H groups in total. The number of piperidine rings is 1.